The van der Waals surface area contributed by atoms with E-state index >= 15 is 0 Å². The molecule has 1 aliphatic carbocycles. The van der Waals surface area contributed by atoms with Crippen molar-refractivity contribution >= 4 is 17.5 Å². The zero-order chi connectivity index (χ0) is 17.9. The molecule has 0 aromatic heterocycles. The van der Waals surface area contributed by atoms with Gasteiger partial charge in [0.1, 0.15) is 0 Å². The van der Waals surface area contributed by atoms with Crippen LogP contribution in [0.5, 0.6) is 0 Å². The van der Waals surface area contributed by atoms with E-state index < -0.39 is 5.97 Å². The van der Waals surface area contributed by atoms with Gasteiger partial charge in [-0.05, 0) is 44.7 Å². The van der Waals surface area contributed by atoms with E-state index in [1.165, 1.54) is 0 Å². The Balaban J connectivity index is 2.10. The van der Waals surface area contributed by atoms with Crippen LogP contribution in [0.15, 0.2) is 46.6 Å². The number of carbonyl (C=O) groups excluding carboxylic acids is 2. The predicted molar refractivity (Wildman–Crippen MR) is 91.8 cm³/mol. The van der Waals surface area contributed by atoms with Crippen molar-refractivity contribution in [3.8, 4) is 0 Å². The van der Waals surface area contributed by atoms with Gasteiger partial charge in [-0.25, -0.2) is 0 Å². The number of hydrogen-bond donors (Lipinski definition) is 1. The molecule has 0 amide bonds. The van der Waals surface area contributed by atoms with E-state index in [0.717, 1.165) is 11.1 Å². The summed E-state index contributed by atoms with van der Waals surface area (Å²) in [5, 5.41) is 8.66. The summed E-state index contributed by atoms with van der Waals surface area (Å²) in [6.07, 6.45) is 1.92. The highest BCUT2D eigenvalue weighted by atomic mass is 16.4. The molecule has 2 rings (SSSR count). The Labute approximate surface area is 141 Å². The molecule has 0 spiro atoms. The summed E-state index contributed by atoms with van der Waals surface area (Å²) in [5.74, 6) is -0.879. The van der Waals surface area contributed by atoms with Crippen molar-refractivity contribution in [1.29, 1.82) is 0 Å². The minimum Gasteiger partial charge on any atom is -0.481 e. The lowest BCUT2D eigenvalue weighted by Crippen LogP contribution is -2.21. The van der Waals surface area contributed by atoms with E-state index in [-0.39, 0.29) is 18.0 Å². The Morgan fingerprint density at radius 3 is 2.00 bits per heavy atom. The fraction of sp³-hybridized carbons (Fsp3) is 0.350. The molecule has 4 nitrogen and oxygen atoms in total. The molecule has 126 valence electrons. The van der Waals surface area contributed by atoms with E-state index in [2.05, 4.69) is 0 Å². The lowest BCUT2D eigenvalue weighted by Gasteiger charge is -2.18. The molecule has 0 radical (unpaired) electrons. The van der Waals surface area contributed by atoms with Gasteiger partial charge in [0.25, 0.3) is 0 Å². The van der Waals surface area contributed by atoms with Gasteiger partial charge in [0.2, 0.25) is 0 Å². The third-order valence-corrected chi connectivity index (χ3v) is 4.57. The molecular weight excluding hydrogens is 304 g/mol. The second-order valence-electron chi connectivity index (χ2n) is 6.25. The molecule has 0 saturated carbocycles. The zero-order valence-corrected chi connectivity index (χ0v) is 14.3. The van der Waals surface area contributed by atoms with Gasteiger partial charge in [0, 0.05) is 35.1 Å². The van der Waals surface area contributed by atoms with Gasteiger partial charge in [-0.3, -0.25) is 14.4 Å². The molecule has 4 heteroatoms. The first-order valence-electron chi connectivity index (χ1n) is 8.07. The van der Waals surface area contributed by atoms with Crippen LogP contribution in [0.2, 0.25) is 0 Å². The summed E-state index contributed by atoms with van der Waals surface area (Å²) < 4.78 is 0. The highest BCUT2D eigenvalue weighted by molar-refractivity contribution is 6.24. The molecule has 1 aliphatic rings. The Morgan fingerprint density at radius 1 is 0.875 bits per heavy atom. The number of carboxylic acids is 1. The van der Waals surface area contributed by atoms with Crippen LogP contribution in [-0.2, 0) is 27.2 Å². The Bertz CT molecular complexity index is 748. The molecule has 1 aromatic carbocycles. The van der Waals surface area contributed by atoms with Gasteiger partial charge in [-0.2, -0.15) is 0 Å². The number of ketones is 2. The molecule has 0 heterocycles. The molecule has 0 atom stereocenters. The summed E-state index contributed by atoms with van der Waals surface area (Å²) in [6.45, 7) is 5.11. The van der Waals surface area contributed by atoms with Gasteiger partial charge >= 0.3 is 5.97 Å². The van der Waals surface area contributed by atoms with Crippen LogP contribution in [-0.4, -0.2) is 22.6 Å². The molecule has 0 unspecified atom stereocenters. The van der Waals surface area contributed by atoms with Crippen LogP contribution in [0.1, 0.15) is 44.7 Å². The first kappa shape index (κ1) is 17.9. The minimum atomic E-state index is -0.784. The number of carbonyl (C=O) groups is 3. The Morgan fingerprint density at radius 2 is 1.42 bits per heavy atom. The van der Waals surface area contributed by atoms with Crippen LogP contribution in [0.25, 0.3) is 0 Å². The summed E-state index contributed by atoms with van der Waals surface area (Å²) in [7, 11) is 0. The quantitative estimate of drug-likeness (QED) is 0.813. The molecule has 0 aliphatic heterocycles. The number of aliphatic carboxylic acids is 1. The summed E-state index contributed by atoms with van der Waals surface area (Å²) >= 11 is 0. The van der Waals surface area contributed by atoms with Crippen LogP contribution < -0.4 is 0 Å². The number of benzene rings is 1. The smallest absolute Gasteiger partial charge is 0.303 e. The molecular formula is C20H22O4. The van der Waals surface area contributed by atoms with E-state index in [0.29, 0.717) is 41.6 Å². The molecule has 24 heavy (non-hydrogen) atoms. The van der Waals surface area contributed by atoms with E-state index in [4.69, 9.17) is 5.11 Å². The molecule has 1 aromatic rings. The number of Topliss-reactive ketones (excluding diaryl/α,β-unsaturated/α-hetero) is 2. The standard InChI is InChI=1S/C20H22O4/c1-12-13(2)20(24)17(14(3)19(12)23)11-16-9-7-15(8-10-16)5-4-6-18(21)22/h7-10H,4-6,11H2,1-3H3,(H,21,22). The predicted octanol–water partition coefficient (Wildman–Crippen LogP) is 3.44. The maximum atomic E-state index is 12.4. The molecule has 0 saturated heterocycles. The van der Waals surface area contributed by atoms with Gasteiger partial charge in [0.15, 0.2) is 11.6 Å². The van der Waals surface area contributed by atoms with Gasteiger partial charge < -0.3 is 5.11 Å². The van der Waals surface area contributed by atoms with Crippen molar-refractivity contribution in [2.45, 2.75) is 46.5 Å². The SMILES string of the molecule is CC1=C(C)C(=O)C(Cc2ccc(CCCC(=O)O)cc2)=C(C)C1=O. The molecule has 0 bridgehead atoms. The third kappa shape index (κ3) is 3.88. The fourth-order valence-corrected chi connectivity index (χ4v) is 2.84. The lowest BCUT2D eigenvalue weighted by atomic mass is 9.83. The average Bonchev–Trinajstić information content (AvgIpc) is 2.56. The van der Waals surface area contributed by atoms with Gasteiger partial charge in [-0.1, -0.05) is 24.3 Å². The number of carboxylic acid groups (broad SMARTS) is 1. The first-order chi connectivity index (χ1) is 11.3. The van der Waals surface area contributed by atoms with Crippen molar-refractivity contribution < 1.29 is 19.5 Å². The summed E-state index contributed by atoms with van der Waals surface area (Å²) in [4.78, 5) is 35.2. The Hall–Kier alpha value is -2.49. The molecule has 1 N–H and O–H groups in total. The van der Waals surface area contributed by atoms with Crippen molar-refractivity contribution in [2.24, 2.45) is 0 Å². The summed E-state index contributed by atoms with van der Waals surface area (Å²) in [6, 6.07) is 7.79. The highest BCUT2D eigenvalue weighted by Gasteiger charge is 2.27. The minimum absolute atomic E-state index is 0.0462. The second kappa shape index (κ2) is 7.39. The van der Waals surface area contributed by atoms with Crippen LogP contribution in [0.3, 0.4) is 0 Å². The molecule has 0 fully saturated rings. The van der Waals surface area contributed by atoms with E-state index in [1.54, 1.807) is 20.8 Å². The van der Waals surface area contributed by atoms with Crippen molar-refractivity contribution in [2.75, 3.05) is 0 Å². The first-order valence-corrected chi connectivity index (χ1v) is 8.07. The number of rotatable bonds is 6. The fourth-order valence-electron chi connectivity index (χ4n) is 2.84. The third-order valence-electron chi connectivity index (χ3n) is 4.57. The van der Waals surface area contributed by atoms with Crippen molar-refractivity contribution in [1.82, 2.24) is 0 Å². The van der Waals surface area contributed by atoms with Crippen LogP contribution in [0.4, 0.5) is 0 Å². The van der Waals surface area contributed by atoms with Gasteiger partial charge in [-0.15, -0.1) is 0 Å². The monoisotopic (exact) mass is 326 g/mol. The van der Waals surface area contributed by atoms with Gasteiger partial charge in [0.05, 0.1) is 0 Å². The largest absolute Gasteiger partial charge is 0.481 e. The van der Waals surface area contributed by atoms with Crippen LogP contribution >= 0.6 is 0 Å². The summed E-state index contributed by atoms with van der Waals surface area (Å²) in [5.41, 5.74) is 4.22. The Kier molecular flexibility index (Phi) is 5.50. The van der Waals surface area contributed by atoms with Crippen molar-refractivity contribution in [3.63, 3.8) is 0 Å². The topological polar surface area (TPSA) is 71.4 Å². The maximum Gasteiger partial charge on any atom is 0.303 e. The van der Waals surface area contributed by atoms with Crippen molar-refractivity contribution in [3.05, 3.63) is 57.7 Å². The zero-order valence-electron chi connectivity index (χ0n) is 14.3. The average molecular weight is 326 g/mol. The highest BCUT2D eigenvalue weighted by Crippen LogP contribution is 2.26. The van der Waals surface area contributed by atoms with Crippen LogP contribution in [0, 0.1) is 0 Å². The maximum absolute atomic E-state index is 12.4. The second-order valence-corrected chi connectivity index (χ2v) is 6.25. The number of hydrogen-bond acceptors (Lipinski definition) is 3. The van der Waals surface area contributed by atoms with E-state index in [9.17, 15) is 14.4 Å². The lowest BCUT2D eigenvalue weighted by molar-refractivity contribution is -0.137. The normalized spacial score (nSPS) is 15.3. The van der Waals surface area contributed by atoms with E-state index in [1.807, 2.05) is 24.3 Å². The number of allylic oxidation sites excluding steroid dienone is 4. The number of aryl methyl sites for hydroxylation is 1.